The molecule has 2 aliphatic rings. The SMILES string of the molecule is CC1(C)CC(=O)c2c(C(F)(F)F)nn(-c3ccc(C(N)=O)c(NC4CCC(OC(=O)[C@@H](N)CCCCN)CC4)c3)c2C1.CS(=O)(=O)O.CS(=O)(=O)O. The standard InChI is InChI=1S/C29H39F3N6O4.2CH4O3S/c1-28(2)14-22-24(23(39)15-28)25(29(30,31)32)37-38(22)17-8-11-19(26(35)40)21(13-17)36-16-6-9-18(10-7-16)42-27(41)20(34)5-3-4-12-33;2*1-5(2,3)4/h8,11,13,16,18,20,36H,3-7,9-10,12,14-15,33-34H2,1-2H3,(H2,35,40);2*1H3,(H,2,3,4)/t16?,18?,20-;;/m0../s1. The lowest BCUT2D eigenvalue weighted by atomic mass is 9.75. The average Bonchev–Trinajstić information content (AvgIpc) is 3.36. The number of halogens is 3. The molecule has 2 aliphatic carbocycles. The van der Waals surface area contributed by atoms with Crippen LogP contribution in [0.25, 0.3) is 5.69 Å². The van der Waals surface area contributed by atoms with Crippen LogP contribution >= 0.6 is 0 Å². The molecule has 0 bridgehead atoms. The van der Waals surface area contributed by atoms with E-state index in [4.69, 9.17) is 31.0 Å². The lowest BCUT2D eigenvalue weighted by Gasteiger charge is -2.31. The van der Waals surface area contributed by atoms with Crippen molar-refractivity contribution in [2.75, 3.05) is 24.4 Å². The highest BCUT2D eigenvalue weighted by Crippen LogP contribution is 2.42. The normalized spacial score (nSPS) is 19.2. The van der Waals surface area contributed by atoms with Gasteiger partial charge in [0.15, 0.2) is 11.5 Å². The number of hydrogen-bond acceptors (Lipinski definition) is 12. The maximum atomic E-state index is 13.9. The lowest BCUT2D eigenvalue weighted by Crippen LogP contribution is -2.37. The summed E-state index contributed by atoms with van der Waals surface area (Å²) in [6, 6.07) is 3.64. The van der Waals surface area contributed by atoms with Gasteiger partial charge >= 0.3 is 12.1 Å². The van der Waals surface area contributed by atoms with E-state index in [9.17, 15) is 44.4 Å². The third kappa shape index (κ3) is 14.8. The van der Waals surface area contributed by atoms with Crippen molar-refractivity contribution in [3.8, 4) is 5.69 Å². The smallest absolute Gasteiger partial charge is 0.435 e. The first kappa shape index (κ1) is 44.5. The number of primary amides is 1. The zero-order valence-electron chi connectivity index (χ0n) is 29.3. The maximum Gasteiger partial charge on any atom is 0.435 e. The van der Waals surface area contributed by atoms with Crippen LogP contribution in [-0.4, -0.2) is 90.6 Å². The number of nitrogens with zero attached hydrogens (tertiary/aromatic N) is 2. The molecule has 4 rings (SSSR count). The van der Waals surface area contributed by atoms with Gasteiger partial charge in [-0.15, -0.1) is 0 Å². The number of nitrogens with one attached hydrogen (secondary N) is 1. The largest absolute Gasteiger partial charge is 0.461 e. The van der Waals surface area contributed by atoms with Crippen LogP contribution in [0, 0.1) is 5.41 Å². The quantitative estimate of drug-likeness (QED) is 0.115. The van der Waals surface area contributed by atoms with Gasteiger partial charge in [-0.25, -0.2) is 4.68 Å². The van der Waals surface area contributed by atoms with Crippen molar-refractivity contribution in [1.82, 2.24) is 9.78 Å². The second-order valence-electron chi connectivity index (χ2n) is 13.5. The maximum absolute atomic E-state index is 13.9. The Kier molecular flexibility index (Phi) is 15.4. The number of amides is 1. The van der Waals surface area contributed by atoms with Crippen LogP contribution in [0.3, 0.4) is 0 Å². The number of alkyl halides is 3. The number of esters is 1. The Hall–Kier alpha value is -3.63. The van der Waals surface area contributed by atoms with Gasteiger partial charge in [0, 0.05) is 18.2 Å². The van der Waals surface area contributed by atoms with Gasteiger partial charge in [0.1, 0.15) is 12.1 Å². The molecule has 9 N–H and O–H groups in total. The Morgan fingerprint density at radius 3 is 2.12 bits per heavy atom. The van der Waals surface area contributed by atoms with Gasteiger partial charge in [-0.2, -0.15) is 35.1 Å². The van der Waals surface area contributed by atoms with Gasteiger partial charge in [0.25, 0.3) is 26.1 Å². The molecule has 1 heterocycles. The number of carbonyl (C=O) groups is 3. The number of ketones is 1. The van der Waals surface area contributed by atoms with Crippen LogP contribution in [-0.2, 0) is 42.4 Å². The summed E-state index contributed by atoms with van der Waals surface area (Å²) in [6.45, 7) is 4.19. The minimum absolute atomic E-state index is 0.0135. The first-order chi connectivity index (χ1) is 23.7. The highest BCUT2D eigenvalue weighted by atomic mass is 32.2. The second kappa shape index (κ2) is 17.9. The highest BCUT2D eigenvalue weighted by molar-refractivity contribution is 7.85. The number of hydrogen-bond donors (Lipinski definition) is 6. The third-order valence-electron chi connectivity index (χ3n) is 7.92. The van der Waals surface area contributed by atoms with Gasteiger partial charge < -0.3 is 27.3 Å². The summed E-state index contributed by atoms with van der Waals surface area (Å²) in [5, 5.41) is 7.15. The topological polar surface area (TPSA) is 277 Å². The van der Waals surface area contributed by atoms with Gasteiger partial charge in [-0.3, -0.25) is 23.5 Å². The molecule has 1 fully saturated rings. The Balaban J connectivity index is 0.000000825. The summed E-state index contributed by atoms with van der Waals surface area (Å²) in [7, 11) is -7.33. The summed E-state index contributed by atoms with van der Waals surface area (Å²) < 4.78 is 100. The molecular weight excluding hydrogens is 738 g/mol. The molecular formula is C31H47F3N6O10S2. The molecule has 1 aromatic carbocycles. The number of aromatic nitrogens is 2. The lowest BCUT2D eigenvalue weighted by molar-refractivity contribution is -0.152. The van der Waals surface area contributed by atoms with Gasteiger partial charge in [0.05, 0.1) is 35.0 Å². The number of rotatable bonds is 10. The van der Waals surface area contributed by atoms with E-state index in [2.05, 4.69) is 10.4 Å². The number of unbranched alkanes of at least 4 members (excludes halogenated alkanes) is 1. The Morgan fingerprint density at radius 1 is 1.06 bits per heavy atom. The van der Waals surface area contributed by atoms with Crippen molar-refractivity contribution in [2.24, 2.45) is 22.6 Å². The summed E-state index contributed by atoms with van der Waals surface area (Å²) in [4.78, 5) is 37.4. The molecule has 0 saturated heterocycles. The first-order valence-corrected chi connectivity index (χ1v) is 19.8. The van der Waals surface area contributed by atoms with E-state index < -0.39 is 66.8 Å². The molecule has 0 unspecified atom stereocenters. The molecule has 21 heteroatoms. The zero-order valence-corrected chi connectivity index (χ0v) is 30.9. The van der Waals surface area contributed by atoms with Gasteiger partial charge in [0.2, 0.25) is 0 Å². The number of Topliss-reactive ketones (excluding diaryl/α,β-unsaturated/α-hetero) is 1. The van der Waals surface area contributed by atoms with E-state index in [0.717, 1.165) is 17.5 Å². The van der Waals surface area contributed by atoms with Gasteiger partial charge in [-0.05, 0) is 75.1 Å². The number of benzene rings is 1. The number of nitrogens with two attached hydrogens (primary N) is 3. The first-order valence-electron chi connectivity index (χ1n) is 16.1. The molecule has 1 amide bonds. The minimum Gasteiger partial charge on any atom is -0.461 e. The van der Waals surface area contributed by atoms with E-state index in [-0.39, 0.29) is 41.9 Å². The van der Waals surface area contributed by atoms with Crippen LogP contribution < -0.4 is 22.5 Å². The molecule has 294 valence electrons. The molecule has 1 aromatic heterocycles. The van der Waals surface area contributed by atoms with Crippen LogP contribution in [0.15, 0.2) is 18.2 Å². The molecule has 2 aromatic rings. The second-order valence-corrected chi connectivity index (χ2v) is 16.5. The monoisotopic (exact) mass is 784 g/mol. The predicted octanol–water partition coefficient (Wildman–Crippen LogP) is 2.88. The molecule has 0 radical (unpaired) electrons. The van der Waals surface area contributed by atoms with Crippen molar-refractivity contribution < 1.29 is 58.2 Å². The van der Waals surface area contributed by atoms with E-state index in [0.29, 0.717) is 56.8 Å². The average molecular weight is 785 g/mol. The summed E-state index contributed by atoms with van der Waals surface area (Å²) in [6.07, 6.45) is 0.958. The fourth-order valence-corrected chi connectivity index (χ4v) is 5.78. The van der Waals surface area contributed by atoms with Crippen LogP contribution in [0.1, 0.15) is 97.3 Å². The zero-order chi connectivity index (χ0) is 39.8. The number of anilines is 1. The Bertz CT molecular complexity index is 1760. The summed E-state index contributed by atoms with van der Waals surface area (Å²) >= 11 is 0. The Morgan fingerprint density at radius 2 is 1.62 bits per heavy atom. The highest BCUT2D eigenvalue weighted by Gasteiger charge is 2.45. The number of ether oxygens (including phenoxy) is 1. The van der Waals surface area contributed by atoms with Crippen molar-refractivity contribution in [3.05, 3.63) is 40.7 Å². The fourth-order valence-electron chi connectivity index (χ4n) is 5.78. The molecule has 52 heavy (non-hydrogen) atoms. The van der Waals surface area contributed by atoms with Crippen molar-refractivity contribution in [1.29, 1.82) is 0 Å². The summed E-state index contributed by atoms with van der Waals surface area (Å²) in [5.74, 6) is -1.74. The van der Waals surface area contributed by atoms with Gasteiger partial charge in [-0.1, -0.05) is 20.3 Å². The predicted molar refractivity (Wildman–Crippen MR) is 185 cm³/mol. The van der Waals surface area contributed by atoms with Crippen molar-refractivity contribution in [2.45, 2.75) is 96.0 Å². The van der Waals surface area contributed by atoms with Crippen molar-refractivity contribution in [3.63, 3.8) is 0 Å². The van der Waals surface area contributed by atoms with E-state index >= 15 is 0 Å². The molecule has 0 aliphatic heterocycles. The minimum atomic E-state index is -4.81. The molecule has 1 atom stereocenters. The van der Waals surface area contributed by atoms with Crippen molar-refractivity contribution >= 4 is 43.6 Å². The Labute approximate surface area is 300 Å². The third-order valence-corrected chi connectivity index (χ3v) is 7.92. The molecule has 1 saturated carbocycles. The summed E-state index contributed by atoms with van der Waals surface area (Å²) in [5.41, 5.74) is 15.9. The number of carbonyl (C=O) groups excluding carboxylic acids is 3. The van der Waals surface area contributed by atoms with E-state index in [1.165, 1.54) is 18.2 Å². The molecule has 16 nitrogen and oxygen atoms in total. The van der Waals surface area contributed by atoms with Crippen LogP contribution in [0.5, 0.6) is 0 Å². The fraction of sp³-hybridized carbons (Fsp3) is 0.613. The van der Waals surface area contributed by atoms with Crippen LogP contribution in [0.2, 0.25) is 0 Å². The number of fused-ring (bicyclic) bond motifs is 1. The van der Waals surface area contributed by atoms with E-state index in [1.807, 2.05) is 13.8 Å². The van der Waals surface area contributed by atoms with E-state index in [1.54, 1.807) is 0 Å². The van der Waals surface area contributed by atoms with Crippen LogP contribution in [0.4, 0.5) is 18.9 Å². The molecule has 0 spiro atoms.